The highest BCUT2D eigenvalue weighted by atomic mass is 16.2. The Morgan fingerprint density at radius 3 is 2.47 bits per heavy atom. The number of nitrogens with zero attached hydrogens (tertiary/aromatic N) is 5. The van der Waals surface area contributed by atoms with E-state index in [4.69, 9.17) is 4.98 Å². The first-order valence-electron chi connectivity index (χ1n) is 11.1. The predicted octanol–water partition coefficient (Wildman–Crippen LogP) is 4.08. The summed E-state index contributed by atoms with van der Waals surface area (Å²) in [5.41, 5.74) is 2.56. The van der Waals surface area contributed by atoms with Gasteiger partial charge < -0.3 is 20.4 Å². The molecule has 0 bridgehead atoms. The van der Waals surface area contributed by atoms with Crippen molar-refractivity contribution in [3.05, 3.63) is 60.6 Å². The zero-order valence-corrected chi connectivity index (χ0v) is 20.0. The van der Waals surface area contributed by atoms with E-state index < -0.39 is 0 Å². The van der Waals surface area contributed by atoms with Crippen LogP contribution in [0.2, 0.25) is 0 Å². The largest absolute Gasteiger partial charge is 0.342 e. The molecular formula is C25H29N7O2. The van der Waals surface area contributed by atoms with Crippen molar-refractivity contribution < 1.29 is 9.59 Å². The van der Waals surface area contributed by atoms with E-state index in [1.54, 1.807) is 66.9 Å². The number of hydrogen-bond donors (Lipinski definition) is 2. The molecule has 1 aliphatic rings. The first-order valence-corrected chi connectivity index (χ1v) is 11.1. The number of pyridine rings is 1. The molecule has 0 saturated carbocycles. The molecule has 0 fully saturated rings. The van der Waals surface area contributed by atoms with E-state index in [1.165, 1.54) is 0 Å². The number of fused-ring (bicyclic) bond motifs is 1. The van der Waals surface area contributed by atoms with Gasteiger partial charge in [-0.15, -0.1) is 0 Å². The monoisotopic (exact) mass is 459 g/mol. The Morgan fingerprint density at radius 1 is 1.09 bits per heavy atom. The third-order valence-electron chi connectivity index (χ3n) is 5.51. The van der Waals surface area contributed by atoms with Gasteiger partial charge in [0.1, 0.15) is 11.7 Å². The van der Waals surface area contributed by atoms with Crippen molar-refractivity contribution in [2.75, 3.05) is 34.0 Å². The van der Waals surface area contributed by atoms with Crippen LogP contribution in [0.25, 0.3) is 0 Å². The Balaban J connectivity index is 1.53. The number of rotatable bonds is 5. The van der Waals surface area contributed by atoms with Crippen LogP contribution in [0.3, 0.4) is 0 Å². The molecule has 3 aromatic rings. The van der Waals surface area contributed by atoms with Gasteiger partial charge >= 0.3 is 0 Å². The second-order valence-electron chi connectivity index (χ2n) is 9.56. The number of aromatic nitrogens is 3. The molecular weight excluding hydrogens is 430 g/mol. The molecule has 3 heterocycles. The maximum atomic E-state index is 12.7. The molecule has 0 saturated heterocycles. The van der Waals surface area contributed by atoms with Gasteiger partial charge in [-0.05, 0) is 48.7 Å². The Kier molecular flexibility index (Phi) is 6.19. The summed E-state index contributed by atoms with van der Waals surface area (Å²) in [6.07, 6.45) is 4.91. The Morgan fingerprint density at radius 2 is 1.82 bits per heavy atom. The van der Waals surface area contributed by atoms with Crippen molar-refractivity contribution >= 4 is 40.6 Å². The normalized spacial score (nSPS) is 15.7. The quantitative estimate of drug-likeness (QED) is 0.592. The lowest BCUT2D eigenvalue weighted by Crippen LogP contribution is -2.53. The molecule has 0 radical (unpaired) electrons. The summed E-state index contributed by atoms with van der Waals surface area (Å²) >= 11 is 0. The van der Waals surface area contributed by atoms with Crippen LogP contribution in [0.1, 0.15) is 38.1 Å². The molecule has 0 aliphatic carbocycles. The molecule has 9 nitrogen and oxygen atoms in total. The molecule has 2 N–H and O–H groups in total. The summed E-state index contributed by atoms with van der Waals surface area (Å²) in [5.74, 6) is 0.931. The minimum Gasteiger partial charge on any atom is -0.342 e. The average Bonchev–Trinajstić information content (AvgIpc) is 2.81. The average molecular weight is 460 g/mol. The lowest BCUT2D eigenvalue weighted by Gasteiger charge is -2.41. The van der Waals surface area contributed by atoms with Crippen LogP contribution in [0.4, 0.5) is 28.8 Å². The van der Waals surface area contributed by atoms with Crippen molar-refractivity contribution in [3.8, 4) is 0 Å². The number of amides is 2. The van der Waals surface area contributed by atoms with Crippen LogP contribution in [0.5, 0.6) is 0 Å². The van der Waals surface area contributed by atoms with E-state index in [0.717, 1.165) is 11.5 Å². The van der Waals surface area contributed by atoms with Gasteiger partial charge in [0.15, 0.2) is 5.82 Å². The summed E-state index contributed by atoms with van der Waals surface area (Å²) in [4.78, 5) is 42.0. The highest BCUT2D eigenvalue weighted by Crippen LogP contribution is 2.36. The summed E-state index contributed by atoms with van der Waals surface area (Å²) in [6.45, 7) is 8.98. The molecule has 0 spiro atoms. The third kappa shape index (κ3) is 4.98. The van der Waals surface area contributed by atoms with Gasteiger partial charge in [0.2, 0.25) is 11.9 Å². The number of benzene rings is 1. The van der Waals surface area contributed by atoms with Crippen molar-refractivity contribution in [2.24, 2.45) is 5.41 Å². The van der Waals surface area contributed by atoms with E-state index in [1.807, 2.05) is 11.8 Å². The second-order valence-corrected chi connectivity index (χ2v) is 9.56. The molecule has 1 unspecified atom stereocenters. The zero-order valence-electron chi connectivity index (χ0n) is 20.0. The highest BCUT2D eigenvalue weighted by Gasteiger charge is 2.37. The number of anilines is 5. The lowest BCUT2D eigenvalue weighted by molar-refractivity contribution is -0.119. The minimum absolute atomic E-state index is 0.0150. The van der Waals surface area contributed by atoms with Crippen molar-refractivity contribution in [2.45, 2.75) is 33.7 Å². The number of carbonyl (C=O) groups excluding carboxylic acids is 2. The lowest BCUT2D eigenvalue weighted by atomic mass is 9.94. The number of nitrogens with one attached hydrogen (secondary N) is 2. The molecule has 1 aliphatic heterocycles. The van der Waals surface area contributed by atoms with E-state index in [2.05, 4.69) is 41.4 Å². The molecule has 2 aromatic heterocycles. The number of hydrogen-bond acceptors (Lipinski definition) is 7. The van der Waals surface area contributed by atoms with Crippen molar-refractivity contribution in [3.63, 3.8) is 0 Å². The SMILES string of the molecule is CC1C(=O)N(C)c2cnc(Nc3ccc(C(=O)Nc4cccnc4)cc3)nc2N1CC(C)(C)C. The molecule has 4 rings (SSSR count). The van der Waals surface area contributed by atoms with Crippen LogP contribution in [0.15, 0.2) is 55.0 Å². The smallest absolute Gasteiger partial charge is 0.255 e. The Hall–Kier alpha value is -4.01. The van der Waals surface area contributed by atoms with Gasteiger partial charge in [-0.3, -0.25) is 14.6 Å². The van der Waals surface area contributed by atoms with Gasteiger partial charge in [-0.1, -0.05) is 20.8 Å². The maximum Gasteiger partial charge on any atom is 0.255 e. The molecule has 34 heavy (non-hydrogen) atoms. The fraction of sp³-hybridized carbons (Fsp3) is 0.320. The minimum atomic E-state index is -0.322. The summed E-state index contributed by atoms with van der Waals surface area (Å²) < 4.78 is 0. The molecule has 9 heteroatoms. The Bertz CT molecular complexity index is 1190. The molecule has 1 aromatic carbocycles. The van der Waals surface area contributed by atoms with Crippen molar-refractivity contribution in [1.82, 2.24) is 15.0 Å². The predicted molar refractivity (Wildman–Crippen MR) is 134 cm³/mol. The Labute approximate surface area is 199 Å². The highest BCUT2D eigenvalue weighted by molar-refractivity contribution is 6.05. The standard InChI is InChI=1S/C25H29N7O2/c1-16-23(34)31(5)20-14-27-24(30-21(20)32(16)15-25(2,3)4)29-18-10-8-17(9-11-18)22(33)28-19-7-6-12-26-13-19/h6-14,16H,15H2,1-5H3,(H,28,33)(H,27,29,30). The van der Waals surface area contributed by atoms with Crippen LogP contribution in [0, 0.1) is 5.41 Å². The van der Waals surface area contributed by atoms with Gasteiger partial charge in [-0.2, -0.15) is 4.98 Å². The molecule has 1 atom stereocenters. The number of carbonyl (C=O) groups is 2. The second kappa shape index (κ2) is 9.09. The summed E-state index contributed by atoms with van der Waals surface area (Å²) in [7, 11) is 1.75. The van der Waals surface area contributed by atoms with Crippen LogP contribution < -0.4 is 20.4 Å². The topological polar surface area (TPSA) is 103 Å². The maximum absolute atomic E-state index is 12.7. The summed E-state index contributed by atoms with van der Waals surface area (Å²) in [5, 5.41) is 6.01. The molecule has 2 amide bonds. The first-order chi connectivity index (χ1) is 16.1. The van der Waals surface area contributed by atoms with E-state index in [-0.39, 0.29) is 23.3 Å². The van der Waals surface area contributed by atoms with E-state index in [9.17, 15) is 9.59 Å². The van der Waals surface area contributed by atoms with Crippen LogP contribution >= 0.6 is 0 Å². The van der Waals surface area contributed by atoms with Gasteiger partial charge in [0.05, 0.1) is 18.1 Å². The zero-order chi connectivity index (χ0) is 24.5. The van der Waals surface area contributed by atoms with Crippen LogP contribution in [-0.2, 0) is 4.79 Å². The fourth-order valence-corrected chi connectivity index (χ4v) is 3.79. The first kappa shape index (κ1) is 23.2. The van der Waals surface area contributed by atoms with Crippen molar-refractivity contribution in [1.29, 1.82) is 0 Å². The van der Waals surface area contributed by atoms with Gasteiger partial charge in [-0.25, -0.2) is 4.98 Å². The molecule has 176 valence electrons. The van der Waals surface area contributed by atoms with E-state index >= 15 is 0 Å². The van der Waals surface area contributed by atoms with Crippen LogP contribution in [-0.4, -0.2) is 46.4 Å². The van der Waals surface area contributed by atoms with Gasteiger partial charge in [0, 0.05) is 31.0 Å². The fourth-order valence-electron chi connectivity index (χ4n) is 3.79. The summed E-state index contributed by atoms with van der Waals surface area (Å²) in [6, 6.07) is 10.3. The van der Waals surface area contributed by atoms with Gasteiger partial charge in [0.25, 0.3) is 5.91 Å². The van der Waals surface area contributed by atoms with E-state index in [0.29, 0.717) is 29.4 Å². The third-order valence-corrected chi connectivity index (χ3v) is 5.51. The number of likely N-dealkylation sites (N-methyl/N-ethyl adjacent to an activating group) is 1.